The van der Waals surface area contributed by atoms with E-state index < -0.39 is 16.2 Å². The Labute approximate surface area is 696 Å². The van der Waals surface area contributed by atoms with Crippen molar-refractivity contribution >= 4 is 63.0 Å². The second kappa shape index (κ2) is 24.5. The van der Waals surface area contributed by atoms with Crippen molar-refractivity contribution in [3.63, 3.8) is 0 Å². The van der Waals surface area contributed by atoms with Crippen molar-refractivity contribution in [1.82, 2.24) is 19.9 Å². The van der Waals surface area contributed by atoms with Gasteiger partial charge in [0.2, 0.25) is 0 Å². The fourth-order valence-corrected chi connectivity index (χ4v) is 24.9. The summed E-state index contributed by atoms with van der Waals surface area (Å²) in [7, 11) is 0. The van der Waals surface area contributed by atoms with Gasteiger partial charge < -0.3 is 4.74 Å². The maximum Gasteiger partial charge on any atom is 0.160 e. The van der Waals surface area contributed by atoms with E-state index in [1.54, 1.807) is 0 Å². The van der Waals surface area contributed by atoms with E-state index in [0.29, 0.717) is 11.6 Å². The standard InChI is InChI=1S/C112H70N4OS2/c1-109(2)83-39-11-8-31-74(83)103-76(35-24-47-93(103)109)95-61-98(116-107(113-95)66-54-56-90-81(60-66)70-29-7-16-44-88(70)112(90)91-45-17-19-49-99(91)117-100-50-20-18-46-92(100)112)79-38-23-34-73-82-58-64(52-57-102(82)119-106(73)79)63-110(3)84-40-12-9-32-75(84)104-77(36-25-48-94(104)110)96-62-97(78-37-22-33-72-71-30-10-21-51-101(71)118-105(72)78)115-108(114-96)65-53-55-89-80(59-65)69-28-6-15-43-87(69)111(89)85-41-13-4-26-67(85)68-27-5-14-42-86(68)111/h4-62H,63H2,1-3H3. The van der Waals surface area contributed by atoms with Crippen molar-refractivity contribution in [2.45, 2.75) is 48.9 Å². The molecule has 20 aromatic rings. The maximum absolute atomic E-state index is 6.74. The Kier molecular flexibility index (Phi) is 13.8. The highest BCUT2D eigenvalue weighted by Gasteiger charge is 2.54. The first-order valence-corrected chi connectivity index (χ1v) is 42.9. The predicted octanol–water partition coefficient (Wildman–Crippen LogP) is 28.7. The molecule has 5 heterocycles. The molecule has 0 radical (unpaired) electrons. The fraction of sp³-hybridized carbons (Fsp3) is 0.0714. The molecule has 1 unspecified atom stereocenters. The first-order chi connectivity index (χ1) is 58.6. The Morgan fingerprint density at radius 2 is 0.613 bits per heavy atom. The molecule has 4 aromatic heterocycles. The summed E-state index contributed by atoms with van der Waals surface area (Å²) in [5, 5.41) is 4.94. The number of fused-ring (bicyclic) bond motifs is 31. The van der Waals surface area contributed by atoms with Crippen molar-refractivity contribution < 1.29 is 4.74 Å². The summed E-state index contributed by atoms with van der Waals surface area (Å²) in [5.41, 5.74) is 37.0. The third-order valence-corrected chi connectivity index (χ3v) is 29.9. The van der Waals surface area contributed by atoms with Crippen LogP contribution in [0.1, 0.15) is 93.1 Å². The molecule has 1 aliphatic heterocycles. The van der Waals surface area contributed by atoms with E-state index in [0.717, 1.165) is 85.2 Å². The van der Waals surface area contributed by atoms with E-state index >= 15 is 0 Å². The molecule has 0 saturated heterocycles. The summed E-state index contributed by atoms with van der Waals surface area (Å²) in [6.45, 7) is 7.18. The molecule has 5 aliphatic carbocycles. The Morgan fingerprint density at radius 3 is 1.16 bits per heavy atom. The van der Waals surface area contributed by atoms with Crippen LogP contribution in [0.4, 0.5) is 0 Å². The van der Waals surface area contributed by atoms with Crippen LogP contribution in [-0.4, -0.2) is 19.9 Å². The molecule has 0 N–H and O–H groups in total. The molecule has 26 rings (SSSR count). The maximum atomic E-state index is 6.74. The third kappa shape index (κ3) is 9.07. The number of rotatable bonds is 8. The quantitative estimate of drug-likeness (QED) is 0.152. The number of thiophene rings is 2. The summed E-state index contributed by atoms with van der Waals surface area (Å²) in [4.78, 5) is 23.1. The summed E-state index contributed by atoms with van der Waals surface area (Å²) in [6.07, 6.45) is 0.772. The van der Waals surface area contributed by atoms with Crippen LogP contribution in [0.25, 0.3) is 164 Å². The van der Waals surface area contributed by atoms with Gasteiger partial charge in [0.1, 0.15) is 11.5 Å². The molecule has 5 nitrogen and oxygen atoms in total. The predicted molar refractivity (Wildman–Crippen MR) is 489 cm³/mol. The first-order valence-electron chi connectivity index (χ1n) is 41.3. The van der Waals surface area contributed by atoms with Gasteiger partial charge in [0.05, 0.1) is 33.6 Å². The molecule has 16 aromatic carbocycles. The molecule has 7 heteroatoms. The van der Waals surface area contributed by atoms with Crippen LogP contribution in [-0.2, 0) is 28.1 Å². The van der Waals surface area contributed by atoms with Crippen LogP contribution in [0.2, 0.25) is 0 Å². The minimum absolute atomic E-state index is 0.204. The van der Waals surface area contributed by atoms with E-state index in [2.05, 4.69) is 379 Å². The molecular weight excluding hydrogens is 1480 g/mol. The number of hydrogen-bond acceptors (Lipinski definition) is 7. The fourth-order valence-electron chi connectivity index (χ4n) is 22.5. The van der Waals surface area contributed by atoms with Gasteiger partial charge in [-0.15, -0.1) is 22.7 Å². The van der Waals surface area contributed by atoms with Crippen LogP contribution in [0.3, 0.4) is 0 Å². The molecular formula is C112H70N4OS2. The smallest absolute Gasteiger partial charge is 0.160 e. The highest BCUT2D eigenvalue weighted by molar-refractivity contribution is 7.26. The zero-order chi connectivity index (χ0) is 78.4. The van der Waals surface area contributed by atoms with Crippen molar-refractivity contribution in [2.24, 2.45) is 0 Å². The molecule has 556 valence electrons. The van der Waals surface area contributed by atoms with Crippen LogP contribution < -0.4 is 4.74 Å². The van der Waals surface area contributed by atoms with Gasteiger partial charge in [-0.05, 0) is 178 Å². The lowest BCUT2D eigenvalue weighted by atomic mass is 9.66. The van der Waals surface area contributed by atoms with Crippen LogP contribution in [0.5, 0.6) is 11.5 Å². The molecule has 0 saturated carbocycles. The van der Waals surface area contributed by atoms with Crippen LogP contribution in [0.15, 0.2) is 358 Å². The van der Waals surface area contributed by atoms with Crippen molar-refractivity contribution in [3.05, 3.63) is 430 Å². The second-order valence-corrected chi connectivity index (χ2v) is 35.9. The number of nitrogens with zero attached hydrogens (tertiary/aromatic N) is 4. The van der Waals surface area contributed by atoms with Gasteiger partial charge in [0.15, 0.2) is 11.6 Å². The lowest BCUT2D eigenvalue weighted by molar-refractivity contribution is 0.436. The van der Waals surface area contributed by atoms with Gasteiger partial charge in [-0.1, -0.05) is 324 Å². The SMILES string of the molecule is CC1(C)c2ccccc2-c2c(-c3cc(-c4cccc5c4sc4ccc(CC6(C)c7ccccc7-c7c(-c8cc(-c9cccc%10c9sc9ccccc9%10)nc(-c9ccc%10c(c9)-c9ccccc9C%109c%10ccccc%10-c%10ccccc%109)n8)cccc76)cc45)nc(-c4ccc5c(c4)-c4ccccc4C54c5ccccc5Oc5ccccc54)n3)cccc21. The molecule has 2 spiro atoms. The van der Waals surface area contributed by atoms with E-state index in [1.807, 2.05) is 22.7 Å². The van der Waals surface area contributed by atoms with Crippen LogP contribution in [0, 0.1) is 0 Å². The Bertz CT molecular complexity index is 7820. The van der Waals surface area contributed by atoms with E-state index in [-0.39, 0.29) is 5.41 Å². The molecule has 0 fully saturated rings. The minimum atomic E-state index is -0.603. The lowest BCUT2D eigenvalue weighted by Gasteiger charge is -2.39. The Hall–Kier alpha value is -14.1. The summed E-state index contributed by atoms with van der Waals surface area (Å²) < 4.78 is 11.6. The van der Waals surface area contributed by atoms with Gasteiger partial charge in [0, 0.05) is 95.7 Å². The molecule has 0 amide bonds. The second-order valence-electron chi connectivity index (χ2n) is 33.8. The highest BCUT2D eigenvalue weighted by atomic mass is 32.1. The number of para-hydroxylation sites is 2. The van der Waals surface area contributed by atoms with E-state index in [1.165, 1.54) is 157 Å². The molecule has 1 atom stereocenters. The van der Waals surface area contributed by atoms with Gasteiger partial charge >= 0.3 is 0 Å². The van der Waals surface area contributed by atoms with Gasteiger partial charge in [-0.2, -0.15) is 0 Å². The van der Waals surface area contributed by atoms with Crippen molar-refractivity contribution in [3.8, 4) is 135 Å². The monoisotopic (exact) mass is 1550 g/mol. The topological polar surface area (TPSA) is 60.8 Å². The highest BCUT2D eigenvalue weighted by Crippen LogP contribution is 2.66. The van der Waals surface area contributed by atoms with Gasteiger partial charge in [0.25, 0.3) is 0 Å². The summed E-state index contributed by atoms with van der Waals surface area (Å²) in [5.74, 6) is 3.11. The summed E-state index contributed by atoms with van der Waals surface area (Å²) in [6, 6.07) is 133. The normalized spacial score (nSPS) is 15.5. The van der Waals surface area contributed by atoms with E-state index in [9.17, 15) is 0 Å². The van der Waals surface area contributed by atoms with Crippen molar-refractivity contribution in [2.75, 3.05) is 0 Å². The van der Waals surface area contributed by atoms with Gasteiger partial charge in [-0.25, -0.2) is 19.9 Å². The average molecular weight is 1550 g/mol. The van der Waals surface area contributed by atoms with Crippen molar-refractivity contribution in [1.29, 1.82) is 0 Å². The number of benzene rings is 16. The number of hydrogen-bond donors (Lipinski definition) is 0. The zero-order valence-electron chi connectivity index (χ0n) is 65.3. The lowest BCUT2D eigenvalue weighted by Crippen LogP contribution is -2.32. The summed E-state index contributed by atoms with van der Waals surface area (Å²) >= 11 is 3.70. The van der Waals surface area contributed by atoms with Gasteiger partial charge in [-0.3, -0.25) is 0 Å². The molecule has 0 bridgehead atoms. The number of aromatic nitrogens is 4. The Balaban J connectivity index is 0.611. The van der Waals surface area contributed by atoms with Crippen LogP contribution >= 0.6 is 22.7 Å². The number of ether oxygens (including phenoxy) is 1. The molecule has 6 aliphatic rings. The largest absolute Gasteiger partial charge is 0.457 e. The first kappa shape index (κ1) is 67.1. The third-order valence-electron chi connectivity index (χ3n) is 27.5. The zero-order valence-corrected chi connectivity index (χ0v) is 66.9. The van der Waals surface area contributed by atoms with E-state index in [4.69, 9.17) is 24.7 Å². The molecule has 119 heavy (non-hydrogen) atoms. The Morgan fingerprint density at radius 1 is 0.252 bits per heavy atom. The average Bonchev–Trinajstić information content (AvgIpc) is 1.51. The minimum Gasteiger partial charge on any atom is -0.457 e.